The number of nitrogens with two attached hydrogens (primary N) is 2. The first-order valence-electron chi connectivity index (χ1n) is 5.23. The second-order valence-corrected chi connectivity index (χ2v) is 4.06. The van der Waals surface area contributed by atoms with E-state index in [1.165, 1.54) is 6.42 Å². The van der Waals surface area contributed by atoms with E-state index in [4.69, 9.17) is 16.7 Å². The van der Waals surface area contributed by atoms with Crippen LogP contribution in [0.2, 0.25) is 0 Å². The van der Waals surface area contributed by atoms with Crippen LogP contribution < -0.4 is 11.5 Å². The summed E-state index contributed by atoms with van der Waals surface area (Å²) in [6.45, 7) is 0. The van der Waals surface area contributed by atoms with Gasteiger partial charge in [0, 0.05) is 12.0 Å². The molecule has 15 heavy (non-hydrogen) atoms. The van der Waals surface area contributed by atoms with Gasteiger partial charge < -0.3 is 11.5 Å². The van der Waals surface area contributed by atoms with Crippen LogP contribution in [0.1, 0.15) is 42.9 Å². The van der Waals surface area contributed by atoms with Crippen molar-refractivity contribution in [1.29, 1.82) is 5.26 Å². The number of nitrogen functional groups attached to an aromatic ring is 1. The predicted octanol–water partition coefficient (Wildman–Crippen LogP) is 0.848. The zero-order chi connectivity index (χ0) is 10.8. The minimum absolute atomic E-state index is 0.116. The van der Waals surface area contributed by atoms with E-state index in [0.29, 0.717) is 5.56 Å². The quantitative estimate of drug-likeness (QED) is 0.632. The number of nitrogens with zero attached hydrogens (tertiary/aromatic N) is 2. The Labute approximate surface area is 88.4 Å². The van der Waals surface area contributed by atoms with E-state index in [9.17, 15) is 0 Å². The topological polar surface area (TPSA) is 105 Å². The minimum atomic E-state index is 0.116. The Balaban J connectivity index is 2.32. The lowest BCUT2D eigenvalue weighted by molar-refractivity contribution is 0.379. The van der Waals surface area contributed by atoms with Crippen molar-refractivity contribution in [3.63, 3.8) is 0 Å². The van der Waals surface area contributed by atoms with Crippen LogP contribution in [-0.4, -0.2) is 16.2 Å². The van der Waals surface area contributed by atoms with Gasteiger partial charge in [-0.25, -0.2) is 0 Å². The first kappa shape index (κ1) is 9.99. The van der Waals surface area contributed by atoms with Gasteiger partial charge >= 0.3 is 0 Å². The highest BCUT2D eigenvalue weighted by Crippen LogP contribution is 2.33. The Hall–Kier alpha value is -1.54. The van der Waals surface area contributed by atoms with Gasteiger partial charge in [0.05, 0.1) is 5.69 Å². The summed E-state index contributed by atoms with van der Waals surface area (Å²) in [6, 6.07) is 2.20. The molecule has 1 aromatic heterocycles. The minimum Gasteiger partial charge on any atom is -0.381 e. The van der Waals surface area contributed by atoms with Crippen LogP contribution in [0.5, 0.6) is 0 Å². The summed E-state index contributed by atoms with van der Waals surface area (Å²) in [5.41, 5.74) is 12.9. The number of aromatic nitrogens is 2. The monoisotopic (exact) mass is 205 g/mol. The summed E-state index contributed by atoms with van der Waals surface area (Å²) >= 11 is 0. The Morgan fingerprint density at radius 3 is 2.80 bits per heavy atom. The highest BCUT2D eigenvalue weighted by Gasteiger charge is 2.28. The fourth-order valence-electron chi connectivity index (χ4n) is 2.27. The fraction of sp³-hybridized carbons (Fsp3) is 0.600. The molecule has 1 aliphatic rings. The Morgan fingerprint density at radius 2 is 2.13 bits per heavy atom. The average molecular weight is 205 g/mol. The van der Waals surface area contributed by atoms with Crippen LogP contribution >= 0.6 is 0 Å². The molecule has 1 fully saturated rings. The van der Waals surface area contributed by atoms with Crippen molar-refractivity contribution in [2.75, 3.05) is 5.73 Å². The Bertz CT molecular complexity index is 389. The number of anilines is 1. The van der Waals surface area contributed by atoms with E-state index in [1.54, 1.807) is 0 Å². The van der Waals surface area contributed by atoms with Gasteiger partial charge in [-0.1, -0.05) is 12.8 Å². The molecular weight excluding hydrogens is 190 g/mol. The summed E-state index contributed by atoms with van der Waals surface area (Å²) in [6.07, 6.45) is 4.34. The molecule has 2 unspecified atom stereocenters. The summed E-state index contributed by atoms with van der Waals surface area (Å²) in [4.78, 5) is 0. The number of hydrogen-bond donors (Lipinski definition) is 3. The van der Waals surface area contributed by atoms with Gasteiger partial charge in [0.1, 0.15) is 11.6 Å². The molecule has 1 heterocycles. The maximum Gasteiger partial charge on any atom is 0.163 e. The smallest absolute Gasteiger partial charge is 0.163 e. The number of nitriles is 1. The zero-order valence-corrected chi connectivity index (χ0v) is 8.53. The molecule has 0 aromatic carbocycles. The molecule has 80 valence electrons. The third kappa shape index (κ3) is 1.68. The van der Waals surface area contributed by atoms with Crippen molar-refractivity contribution in [1.82, 2.24) is 10.2 Å². The number of rotatable bonds is 1. The van der Waals surface area contributed by atoms with Gasteiger partial charge in [-0.2, -0.15) is 10.4 Å². The van der Waals surface area contributed by atoms with Crippen LogP contribution in [0.3, 0.4) is 0 Å². The average Bonchev–Trinajstić information content (AvgIpc) is 2.60. The molecule has 0 bridgehead atoms. The zero-order valence-electron chi connectivity index (χ0n) is 8.53. The van der Waals surface area contributed by atoms with E-state index in [2.05, 4.69) is 16.3 Å². The molecule has 0 radical (unpaired) electrons. The van der Waals surface area contributed by atoms with Crippen LogP contribution in [-0.2, 0) is 0 Å². The van der Waals surface area contributed by atoms with Gasteiger partial charge in [-0.05, 0) is 12.8 Å². The van der Waals surface area contributed by atoms with Gasteiger partial charge in [-0.3, -0.25) is 5.10 Å². The van der Waals surface area contributed by atoms with Crippen molar-refractivity contribution in [3.05, 3.63) is 11.3 Å². The van der Waals surface area contributed by atoms with E-state index < -0.39 is 0 Å². The first-order valence-corrected chi connectivity index (χ1v) is 5.23. The Morgan fingerprint density at radius 1 is 1.40 bits per heavy atom. The highest BCUT2D eigenvalue weighted by molar-refractivity contribution is 5.52. The third-order valence-electron chi connectivity index (χ3n) is 3.12. The molecule has 0 aliphatic heterocycles. The third-order valence-corrected chi connectivity index (χ3v) is 3.12. The van der Waals surface area contributed by atoms with Gasteiger partial charge in [0.25, 0.3) is 0 Å². The number of aromatic amines is 1. The summed E-state index contributed by atoms with van der Waals surface area (Å²) in [5, 5.41) is 15.7. The first-order chi connectivity index (χ1) is 7.24. The molecule has 0 saturated heterocycles. The molecule has 5 heteroatoms. The van der Waals surface area contributed by atoms with Crippen molar-refractivity contribution in [2.24, 2.45) is 5.73 Å². The summed E-state index contributed by atoms with van der Waals surface area (Å²) in [5.74, 6) is 0.489. The maximum atomic E-state index is 8.97. The molecule has 2 rings (SSSR count). The van der Waals surface area contributed by atoms with E-state index >= 15 is 0 Å². The highest BCUT2D eigenvalue weighted by atomic mass is 15.2. The van der Waals surface area contributed by atoms with Gasteiger partial charge in [0.15, 0.2) is 5.82 Å². The molecule has 1 aromatic rings. The number of hydrogen-bond acceptors (Lipinski definition) is 4. The van der Waals surface area contributed by atoms with Crippen LogP contribution in [0.25, 0.3) is 0 Å². The SMILES string of the molecule is N#Cc1c(N)n[nH]c1C1CCCCC1N. The largest absolute Gasteiger partial charge is 0.381 e. The van der Waals surface area contributed by atoms with Crippen LogP contribution in [0.15, 0.2) is 0 Å². The number of H-pyrrole nitrogens is 1. The van der Waals surface area contributed by atoms with Gasteiger partial charge in [-0.15, -0.1) is 0 Å². The molecule has 0 spiro atoms. The molecule has 5 nitrogen and oxygen atoms in total. The molecule has 1 aliphatic carbocycles. The predicted molar refractivity (Wildman–Crippen MR) is 56.9 cm³/mol. The lowest BCUT2D eigenvalue weighted by Crippen LogP contribution is -2.32. The maximum absolute atomic E-state index is 8.97. The van der Waals surface area contributed by atoms with E-state index in [-0.39, 0.29) is 17.8 Å². The molecule has 1 saturated carbocycles. The van der Waals surface area contributed by atoms with Crippen LogP contribution in [0, 0.1) is 11.3 Å². The summed E-state index contributed by atoms with van der Waals surface area (Å²) < 4.78 is 0. The van der Waals surface area contributed by atoms with Crippen molar-refractivity contribution in [2.45, 2.75) is 37.6 Å². The summed E-state index contributed by atoms with van der Waals surface area (Å²) in [7, 11) is 0. The molecule has 2 atom stereocenters. The number of nitrogens with one attached hydrogen (secondary N) is 1. The van der Waals surface area contributed by atoms with Gasteiger partial charge in [0.2, 0.25) is 0 Å². The molecular formula is C10H15N5. The van der Waals surface area contributed by atoms with Crippen LogP contribution in [0.4, 0.5) is 5.82 Å². The lowest BCUT2D eigenvalue weighted by atomic mass is 9.82. The van der Waals surface area contributed by atoms with E-state index in [1.807, 2.05) is 0 Å². The fourth-order valence-corrected chi connectivity index (χ4v) is 2.27. The second kappa shape index (κ2) is 3.91. The van der Waals surface area contributed by atoms with E-state index in [0.717, 1.165) is 25.0 Å². The Kier molecular flexibility index (Phi) is 2.60. The van der Waals surface area contributed by atoms with Crippen molar-refractivity contribution >= 4 is 5.82 Å². The normalized spacial score (nSPS) is 26.1. The molecule has 0 amide bonds. The van der Waals surface area contributed by atoms with Crippen molar-refractivity contribution in [3.8, 4) is 6.07 Å². The van der Waals surface area contributed by atoms with Crippen molar-refractivity contribution < 1.29 is 0 Å². The lowest BCUT2D eigenvalue weighted by Gasteiger charge is -2.27. The second-order valence-electron chi connectivity index (χ2n) is 4.06. The standard InChI is InChI=1S/C10H15N5/c11-5-7-9(14-15-10(7)13)6-3-1-2-4-8(6)12/h6,8H,1-4,12H2,(H3,13,14,15). The molecule has 5 N–H and O–H groups in total.